The van der Waals surface area contributed by atoms with Crippen molar-refractivity contribution >= 4 is 27.3 Å². The van der Waals surface area contributed by atoms with Crippen LogP contribution < -0.4 is 0 Å². The lowest BCUT2D eigenvalue weighted by Gasteiger charge is -2.34. The van der Waals surface area contributed by atoms with Crippen molar-refractivity contribution in [3.8, 4) is 0 Å². The van der Waals surface area contributed by atoms with Gasteiger partial charge in [-0.05, 0) is 30.7 Å². The summed E-state index contributed by atoms with van der Waals surface area (Å²) >= 11 is 0.958. The van der Waals surface area contributed by atoms with Crippen LogP contribution in [0.15, 0.2) is 16.3 Å². The number of hydrogen-bond donors (Lipinski definition) is 1. The molecule has 1 aliphatic heterocycles. The van der Waals surface area contributed by atoms with Crippen molar-refractivity contribution in [2.45, 2.75) is 50.0 Å². The molecule has 0 radical (unpaired) electrons. The number of hydrogen-bond acceptors (Lipinski definition) is 4. The van der Waals surface area contributed by atoms with Crippen LogP contribution in [0.4, 0.5) is 0 Å². The summed E-state index contributed by atoms with van der Waals surface area (Å²) in [6.07, 6.45) is 4.48. The highest BCUT2D eigenvalue weighted by atomic mass is 32.2. The van der Waals surface area contributed by atoms with E-state index in [0.717, 1.165) is 43.4 Å². The minimum Gasteiger partial charge on any atom is -0.477 e. The standard InChI is InChI=1S/C13H19NO4S2/c1-2-5-10-6-3-4-8-14(10)20(17,18)11-7-9-19-12(11)13(15)16/h7,9-10H,2-6,8H2,1H3,(H,15,16). The third-order valence-corrected chi connectivity index (χ3v) is 6.63. The molecule has 0 spiro atoms. The van der Waals surface area contributed by atoms with Crippen molar-refractivity contribution in [1.82, 2.24) is 4.31 Å². The summed E-state index contributed by atoms with van der Waals surface area (Å²) in [5.74, 6) is -1.18. The summed E-state index contributed by atoms with van der Waals surface area (Å²) in [6.45, 7) is 2.52. The molecule has 20 heavy (non-hydrogen) atoms. The van der Waals surface area contributed by atoms with Crippen LogP contribution in [0.3, 0.4) is 0 Å². The number of aromatic carboxylic acids is 1. The molecule has 0 saturated carbocycles. The molecule has 1 aromatic rings. The van der Waals surface area contributed by atoms with E-state index in [1.807, 2.05) is 6.92 Å². The van der Waals surface area contributed by atoms with E-state index in [1.54, 1.807) is 0 Å². The molecule has 112 valence electrons. The monoisotopic (exact) mass is 317 g/mol. The van der Waals surface area contributed by atoms with Crippen molar-refractivity contribution in [2.75, 3.05) is 6.54 Å². The molecule has 5 nitrogen and oxygen atoms in total. The van der Waals surface area contributed by atoms with Crippen molar-refractivity contribution in [3.05, 3.63) is 16.3 Å². The molecule has 1 fully saturated rings. The lowest BCUT2D eigenvalue weighted by molar-refractivity contribution is 0.0698. The van der Waals surface area contributed by atoms with E-state index in [9.17, 15) is 13.2 Å². The number of carboxylic acids is 1. The third-order valence-electron chi connectivity index (χ3n) is 3.60. The average molecular weight is 317 g/mol. The normalized spacial score (nSPS) is 20.9. The number of thiophene rings is 1. The smallest absolute Gasteiger partial charge is 0.347 e. The number of carboxylic acid groups (broad SMARTS) is 1. The van der Waals surface area contributed by atoms with Gasteiger partial charge in [0.05, 0.1) is 0 Å². The zero-order valence-electron chi connectivity index (χ0n) is 11.4. The highest BCUT2D eigenvalue weighted by Gasteiger charge is 2.35. The van der Waals surface area contributed by atoms with Gasteiger partial charge in [0.15, 0.2) is 0 Å². The summed E-state index contributed by atoms with van der Waals surface area (Å²) < 4.78 is 27.0. The fourth-order valence-electron chi connectivity index (χ4n) is 2.70. The Morgan fingerprint density at radius 1 is 1.50 bits per heavy atom. The van der Waals surface area contributed by atoms with E-state index in [1.165, 1.54) is 15.8 Å². The van der Waals surface area contributed by atoms with E-state index in [4.69, 9.17) is 5.11 Å². The van der Waals surface area contributed by atoms with E-state index in [2.05, 4.69) is 0 Å². The van der Waals surface area contributed by atoms with Gasteiger partial charge in [-0.25, -0.2) is 13.2 Å². The van der Waals surface area contributed by atoms with Crippen LogP contribution >= 0.6 is 11.3 Å². The molecule has 1 aromatic heterocycles. The van der Waals surface area contributed by atoms with Gasteiger partial charge in [0.1, 0.15) is 9.77 Å². The zero-order chi connectivity index (χ0) is 14.8. The second-order valence-corrected chi connectivity index (χ2v) is 7.75. The fraction of sp³-hybridized carbons (Fsp3) is 0.615. The van der Waals surface area contributed by atoms with E-state index < -0.39 is 16.0 Å². The number of sulfonamides is 1. The van der Waals surface area contributed by atoms with Crippen molar-refractivity contribution in [2.24, 2.45) is 0 Å². The molecule has 0 bridgehead atoms. The predicted molar refractivity (Wildman–Crippen MR) is 77.7 cm³/mol. The Hall–Kier alpha value is -0.920. The maximum atomic E-state index is 12.7. The molecule has 7 heteroatoms. The van der Waals surface area contributed by atoms with Crippen LogP contribution in [0, 0.1) is 0 Å². The van der Waals surface area contributed by atoms with Gasteiger partial charge in [-0.3, -0.25) is 0 Å². The van der Waals surface area contributed by atoms with Crippen molar-refractivity contribution in [3.63, 3.8) is 0 Å². The van der Waals surface area contributed by atoms with Crippen LogP contribution in [0.5, 0.6) is 0 Å². The third kappa shape index (κ3) is 2.89. The zero-order valence-corrected chi connectivity index (χ0v) is 13.0. The van der Waals surface area contributed by atoms with Crippen LogP contribution in [-0.2, 0) is 10.0 Å². The van der Waals surface area contributed by atoms with Gasteiger partial charge in [-0.1, -0.05) is 19.8 Å². The van der Waals surface area contributed by atoms with Gasteiger partial charge >= 0.3 is 5.97 Å². The van der Waals surface area contributed by atoms with Crippen LogP contribution in [0.1, 0.15) is 48.7 Å². The SMILES string of the molecule is CCCC1CCCCN1S(=O)(=O)c1ccsc1C(=O)O. The lowest BCUT2D eigenvalue weighted by Crippen LogP contribution is -2.43. The molecule has 1 atom stereocenters. The quantitative estimate of drug-likeness (QED) is 0.906. The van der Waals surface area contributed by atoms with Crippen molar-refractivity contribution < 1.29 is 18.3 Å². The topological polar surface area (TPSA) is 74.7 Å². The second-order valence-electron chi connectivity index (χ2n) is 4.97. The van der Waals surface area contributed by atoms with Crippen LogP contribution in [0.2, 0.25) is 0 Å². The largest absolute Gasteiger partial charge is 0.477 e. The molecular weight excluding hydrogens is 298 g/mol. The fourth-order valence-corrected chi connectivity index (χ4v) is 5.65. The Labute approximate surface area is 123 Å². The average Bonchev–Trinajstić information content (AvgIpc) is 2.89. The minimum absolute atomic E-state index is 0.000273. The number of piperidine rings is 1. The van der Waals surface area contributed by atoms with Gasteiger partial charge in [0.2, 0.25) is 10.0 Å². The Morgan fingerprint density at radius 2 is 2.25 bits per heavy atom. The van der Waals surface area contributed by atoms with Crippen molar-refractivity contribution in [1.29, 1.82) is 0 Å². The Morgan fingerprint density at radius 3 is 2.90 bits per heavy atom. The molecular formula is C13H19NO4S2. The predicted octanol–water partition coefficient (Wildman–Crippen LogP) is 2.79. The first kappa shape index (κ1) is 15.5. The molecule has 1 aliphatic rings. The molecule has 1 saturated heterocycles. The Bertz CT molecular complexity index is 577. The first-order valence-electron chi connectivity index (χ1n) is 6.81. The molecule has 0 aromatic carbocycles. The van der Waals surface area contributed by atoms with Gasteiger partial charge in [-0.15, -0.1) is 11.3 Å². The van der Waals surface area contributed by atoms with E-state index in [-0.39, 0.29) is 15.8 Å². The molecule has 1 unspecified atom stereocenters. The first-order valence-corrected chi connectivity index (χ1v) is 9.13. The molecule has 2 rings (SSSR count). The molecule has 0 aliphatic carbocycles. The molecule has 0 amide bonds. The summed E-state index contributed by atoms with van der Waals surface area (Å²) in [7, 11) is -3.70. The van der Waals surface area contributed by atoms with Crippen LogP contribution in [0.25, 0.3) is 0 Å². The summed E-state index contributed by atoms with van der Waals surface area (Å²) in [5.41, 5.74) is 0. The Kier molecular flexibility index (Phi) is 4.82. The van der Waals surface area contributed by atoms with Gasteiger partial charge in [-0.2, -0.15) is 4.31 Å². The van der Waals surface area contributed by atoms with E-state index >= 15 is 0 Å². The number of rotatable bonds is 5. The highest BCUT2D eigenvalue weighted by Crippen LogP contribution is 2.31. The summed E-state index contributed by atoms with van der Waals surface area (Å²) in [4.78, 5) is 11.0. The molecule has 1 N–H and O–H groups in total. The van der Waals surface area contributed by atoms with Gasteiger partial charge in [0.25, 0.3) is 0 Å². The maximum Gasteiger partial charge on any atom is 0.347 e. The highest BCUT2D eigenvalue weighted by molar-refractivity contribution is 7.89. The minimum atomic E-state index is -3.70. The summed E-state index contributed by atoms with van der Waals surface area (Å²) in [6, 6.07) is 1.40. The second kappa shape index (κ2) is 6.24. The summed E-state index contributed by atoms with van der Waals surface area (Å²) in [5, 5.41) is 10.6. The lowest BCUT2D eigenvalue weighted by atomic mass is 10.0. The van der Waals surface area contributed by atoms with Crippen LogP contribution in [-0.4, -0.2) is 36.4 Å². The number of nitrogens with zero attached hydrogens (tertiary/aromatic N) is 1. The van der Waals surface area contributed by atoms with Gasteiger partial charge < -0.3 is 5.11 Å². The van der Waals surface area contributed by atoms with Gasteiger partial charge in [0, 0.05) is 12.6 Å². The molecule has 2 heterocycles. The number of carbonyl (C=O) groups is 1. The first-order chi connectivity index (χ1) is 9.48. The van der Waals surface area contributed by atoms with E-state index in [0.29, 0.717) is 6.54 Å². The maximum absolute atomic E-state index is 12.7. The Balaban J connectivity index is 2.37.